The van der Waals surface area contributed by atoms with E-state index in [1.807, 2.05) is 24.3 Å². The lowest BCUT2D eigenvalue weighted by atomic mass is 9.96. The summed E-state index contributed by atoms with van der Waals surface area (Å²) in [6.07, 6.45) is 2.83. The van der Waals surface area contributed by atoms with Crippen LogP contribution in [0.5, 0.6) is 5.75 Å². The van der Waals surface area contributed by atoms with Gasteiger partial charge in [-0.05, 0) is 42.9 Å². The van der Waals surface area contributed by atoms with Crippen molar-refractivity contribution in [1.29, 1.82) is 0 Å². The zero-order chi connectivity index (χ0) is 16.5. The number of hydrogen-bond acceptors (Lipinski definition) is 4. The van der Waals surface area contributed by atoms with Gasteiger partial charge in [-0.3, -0.25) is 4.79 Å². The van der Waals surface area contributed by atoms with Crippen molar-refractivity contribution in [3.05, 3.63) is 29.8 Å². The van der Waals surface area contributed by atoms with Crippen LogP contribution in [0.3, 0.4) is 0 Å². The normalized spacial score (nSPS) is 29.4. The molecular weight excluding hydrogens is 308 g/mol. The second-order valence-corrected chi connectivity index (χ2v) is 6.88. The Hall–Kier alpha value is -2.08. The molecule has 1 aromatic rings. The first-order chi connectivity index (χ1) is 11.7. The third-order valence-electron chi connectivity index (χ3n) is 5.40. The van der Waals surface area contributed by atoms with E-state index in [9.17, 15) is 9.59 Å². The predicted molar refractivity (Wildman–Crippen MR) is 86.8 cm³/mol. The molecule has 1 aliphatic heterocycles. The molecule has 6 heteroatoms. The van der Waals surface area contributed by atoms with Gasteiger partial charge < -0.3 is 20.1 Å². The number of nitrogens with one attached hydrogen (secondary N) is 2. The van der Waals surface area contributed by atoms with Crippen LogP contribution in [0, 0.1) is 11.8 Å². The fraction of sp³-hybridized carbons (Fsp3) is 0.556. The Morgan fingerprint density at radius 1 is 1.08 bits per heavy atom. The zero-order valence-electron chi connectivity index (χ0n) is 13.5. The van der Waals surface area contributed by atoms with Crippen molar-refractivity contribution in [3.8, 4) is 5.75 Å². The molecule has 128 valence electrons. The average Bonchev–Trinajstić information content (AvgIpc) is 3.19. The summed E-state index contributed by atoms with van der Waals surface area (Å²) in [4.78, 5) is 23.2. The standard InChI is InChI=1S/C18H22N2O4/c21-16-12-4-5-13(6-12)17(16)24-10-23-15-3-1-2-11(7-15)14-8-19-18(22)20-9-14/h1-3,7,12-14,17H,4-6,8-10H2,(H2,19,20,22)/t12?,13?,17-/m0/s1. The van der Waals surface area contributed by atoms with Crippen molar-refractivity contribution in [3.63, 3.8) is 0 Å². The molecule has 4 rings (SSSR count). The number of Topliss-reactive ketones (excluding diaryl/α,β-unsaturated/α-hetero) is 1. The molecule has 2 bridgehead atoms. The van der Waals surface area contributed by atoms with E-state index in [4.69, 9.17) is 9.47 Å². The third-order valence-corrected chi connectivity index (χ3v) is 5.40. The Balaban J connectivity index is 1.31. The van der Waals surface area contributed by atoms with Crippen LogP contribution in [-0.2, 0) is 9.53 Å². The molecule has 2 amide bonds. The van der Waals surface area contributed by atoms with Crippen LogP contribution < -0.4 is 15.4 Å². The molecule has 2 N–H and O–H groups in total. The van der Waals surface area contributed by atoms with Crippen molar-refractivity contribution in [2.24, 2.45) is 11.8 Å². The van der Waals surface area contributed by atoms with Gasteiger partial charge in [0.2, 0.25) is 0 Å². The van der Waals surface area contributed by atoms with Gasteiger partial charge in [-0.2, -0.15) is 0 Å². The Labute approximate surface area is 140 Å². The number of fused-ring (bicyclic) bond motifs is 2. The molecule has 1 saturated heterocycles. The highest BCUT2D eigenvalue weighted by molar-refractivity contribution is 5.88. The van der Waals surface area contributed by atoms with E-state index >= 15 is 0 Å². The monoisotopic (exact) mass is 330 g/mol. The van der Waals surface area contributed by atoms with Crippen molar-refractivity contribution in [2.45, 2.75) is 31.3 Å². The maximum atomic E-state index is 12.1. The molecular formula is C18H22N2O4. The molecule has 0 radical (unpaired) electrons. The summed E-state index contributed by atoms with van der Waals surface area (Å²) < 4.78 is 11.4. The van der Waals surface area contributed by atoms with Crippen LogP contribution in [0.25, 0.3) is 0 Å². The van der Waals surface area contributed by atoms with Crippen molar-refractivity contribution >= 4 is 11.8 Å². The highest BCUT2D eigenvalue weighted by Crippen LogP contribution is 2.43. The number of rotatable bonds is 5. The highest BCUT2D eigenvalue weighted by Gasteiger charge is 2.47. The lowest BCUT2D eigenvalue weighted by molar-refractivity contribution is -0.139. The van der Waals surface area contributed by atoms with Gasteiger partial charge >= 0.3 is 6.03 Å². The van der Waals surface area contributed by atoms with E-state index in [-0.39, 0.29) is 36.5 Å². The first kappa shape index (κ1) is 15.4. The van der Waals surface area contributed by atoms with E-state index in [1.54, 1.807) is 0 Å². The number of ether oxygens (including phenoxy) is 2. The number of benzene rings is 1. The SMILES string of the molecule is O=C1NCC(c2cccc(OCO[C@@H]3C(=O)C4CCC3C4)c2)CN1. The second-order valence-electron chi connectivity index (χ2n) is 6.88. The number of hydrogen-bond donors (Lipinski definition) is 2. The lowest BCUT2D eigenvalue weighted by Gasteiger charge is -2.24. The Morgan fingerprint density at radius 3 is 2.67 bits per heavy atom. The van der Waals surface area contributed by atoms with Gasteiger partial charge in [-0.1, -0.05) is 12.1 Å². The molecule has 3 aliphatic rings. The van der Waals surface area contributed by atoms with Gasteiger partial charge in [-0.15, -0.1) is 0 Å². The average molecular weight is 330 g/mol. The summed E-state index contributed by atoms with van der Waals surface area (Å²) in [5.74, 6) is 1.80. The molecule has 0 aromatic heterocycles. The van der Waals surface area contributed by atoms with E-state index in [2.05, 4.69) is 10.6 Å². The van der Waals surface area contributed by atoms with Crippen LogP contribution >= 0.6 is 0 Å². The Morgan fingerprint density at radius 2 is 1.92 bits per heavy atom. The number of amides is 2. The van der Waals surface area contributed by atoms with Crippen LogP contribution in [0.2, 0.25) is 0 Å². The van der Waals surface area contributed by atoms with E-state index in [0.717, 1.165) is 30.6 Å². The number of urea groups is 1. The summed E-state index contributed by atoms with van der Waals surface area (Å²) in [6.45, 7) is 1.33. The third kappa shape index (κ3) is 2.98. The molecule has 6 nitrogen and oxygen atoms in total. The van der Waals surface area contributed by atoms with Gasteiger partial charge in [0.05, 0.1) is 0 Å². The fourth-order valence-electron chi connectivity index (χ4n) is 4.07. The van der Waals surface area contributed by atoms with Gasteiger partial charge in [0.1, 0.15) is 11.9 Å². The summed E-state index contributed by atoms with van der Waals surface area (Å²) >= 11 is 0. The summed E-state index contributed by atoms with van der Waals surface area (Å²) in [6, 6.07) is 7.68. The molecule has 1 heterocycles. The Kier molecular flexibility index (Phi) is 4.14. The van der Waals surface area contributed by atoms with Crippen LogP contribution in [0.15, 0.2) is 24.3 Å². The molecule has 0 spiro atoms. The highest BCUT2D eigenvalue weighted by atomic mass is 16.7. The summed E-state index contributed by atoms with van der Waals surface area (Å²) in [5.41, 5.74) is 1.11. The molecule has 3 fully saturated rings. The molecule has 3 atom stereocenters. The van der Waals surface area contributed by atoms with E-state index in [1.165, 1.54) is 0 Å². The maximum absolute atomic E-state index is 12.1. The van der Waals surface area contributed by atoms with Gasteiger partial charge in [-0.25, -0.2) is 4.79 Å². The predicted octanol–water partition coefficient (Wildman–Crippen LogP) is 1.80. The number of carbonyl (C=O) groups excluding carboxylic acids is 2. The molecule has 24 heavy (non-hydrogen) atoms. The number of ketones is 1. The quantitative estimate of drug-likeness (QED) is 0.807. The smallest absolute Gasteiger partial charge is 0.314 e. The first-order valence-electron chi connectivity index (χ1n) is 8.60. The maximum Gasteiger partial charge on any atom is 0.314 e. The van der Waals surface area contributed by atoms with Gasteiger partial charge in [0, 0.05) is 24.9 Å². The summed E-state index contributed by atoms with van der Waals surface area (Å²) in [5, 5.41) is 5.60. The summed E-state index contributed by atoms with van der Waals surface area (Å²) in [7, 11) is 0. The first-order valence-corrected chi connectivity index (χ1v) is 8.60. The van der Waals surface area contributed by atoms with E-state index in [0.29, 0.717) is 19.0 Å². The molecule has 2 aliphatic carbocycles. The van der Waals surface area contributed by atoms with Gasteiger partial charge in [0.25, 0.3) is 0 Å². The fourth-order valence-corrected chi connectivity index (χ4v) is 4.07. The lowest BCUT2D eigenvalue weighted by Crippen LogP contribution is -2.47. The van der Waals surface area contributed by atoms with Crippen LogP contribution in [-0.4, -0.2) is 37.8 Å². The molecule has 2 saturated carbocycles. The topological polar surface area (TPSA) is 76.7 Å². The minimum atomic E-state index is -0.273. The number of carbonyl (C=O) groups is 2. The van der Waals surface area contributed by atoms with Gasteiger partial charge in [0.15, 0.2) is 12.6 Å². The van der Waals surface area contributed by atoms with E-state index < -0.39 is 0 Å². The largest absolute Gasteiger partial charge is 0.468 e. The minimum Gasteiger partial charge on any atom is -0.468 e. The minimum absolute atomic E-state index is 0.0999. The second kappa shape index (κ2) is 6.43. The molecule has 2 unspecified atom stereocenters. The van der Waals surface area contributed by atoms with Crippen molar-refractivity contribution < 1.29 is 19.1 Å². The van der Waals surface area contributed by atoms with Crippen molar-refractivity contribution in [2.75, 3.05) is 19.9 Å². The Bertz CT molecular complexity index is 638. The zero-order valence-corrected chi connectivity index (χ0v) is 13.5. The molecule has 1 aromatic carbocycles. The van der Waals surface area contributed by atoms with Crippen LogP contribution in [0.1, 0.15) is 30.7 Å². The van der Waals surface area contributed by atoms with Crippen LogP contribution in [0.4, 0.5) is 4.79 Å². The van der Waals surface area contributed by atoms with Crippen molar-refractivity contribution in [1.82, 2.24) is 10.6 Å².